The number of rotatable bonds is 5. The van der Waals surface area contributed by atoms with Crippen LogP contribution < -0.4 is 11.2 Å². The molecule has 0 amide bonds. The molecule has 1 aromatic rings. The number of nitrogens with zero attached hydrogens (tertiary/aromatic N) is 1. The van der Waals surface area contributed by atoms with Crippen LogP contribution in [-0.4, -0.2) is 37.5 Å². The van der Waals surface area contributed by atoms with Gasteiger partial charge in [0.05, 0.1) is 16.7 Å². The molecule has 1 aromatic heterocycles. The number of aliphatic hydroxyl groups is 1. The number of nitrogens with one attached hydrogen (secondary N) is 1. The first-order valence-corrected chi connectivity index (χ1v) is 8.46. The first-order chi connectivity index (χ1) is 9.92. The minimum absolute atomic E-state index is 0.0766. The molecule has 1 unspecified atom stereocenters. The van der Waals surface area contributed by atoms with Crippen LogP contribution in [0.4, 0.5) is 0 Å². The standard InChI is InChI=1S/C11H15N2O6PS/c1-2-6-4-13(11(16)12-10(6)15)9-3-7(14)8(21-9)5-19-20(17)18/h4,7-9,14H,2-3,5H2,1H3,(H-,12,15,16,17,18)/p+1/t7-,8+,9+/m0/s1. The molecule has 1 aliphatic heterocycles. The third kappa shape index (κ3) is 3.81. The number of hydrogen-bond donors (Lipinski definition) is 3. The van der Waals surface area contributed by atoms with Gasteiger partial charge in [0.25, 0.3) is 5.56 Å². The van der Waals surface area contributed by atoms with Crippen LogP contribution in [0.2, 0.25) is 0 Å². The summed E-state index contributed by atoms with van der Waals surface area (Å²) < 4.78 is 16.5. The van der Waals surface area contributed by atoms with E-state index in [1.165, 1.54) is 22.5 Å². The average molecular weight is 335 g/mol. The lowest BCUT2D eigenvalue weighted by atomic mass is 10.2. The fourth-order valence-electron chi connectivity index (χ4n) is 2.17. The summed E-state index contributed by atoms with van der Waals surface area (Å²) in [5.41, 5.74) is -0.445. The lowest BCUT2D eigenvalue weighted by molar-refractivity contribution is 0.141. The Kier molecular flexibility index (Phi) is 5.34. The van der Waals surface area contributed by atoms with E-state index in [0.717, 1.165) is 0 Å². The van der Waals surface area contributed by atoms with Gasteiger partial charge in [-0.3, -0.25) is 14.3 Å². The highest BCUT2D eigenvalue weighted by Gasteiger charge is 2.37. The Labute approximate surface area is 125 Å². The van der Waals surface area contributed by atoms with E-state index < -0.39 is 30.9 Å². The van der Waals surface area contributed by atoms with Crippen molar-refractivity contribution in [3.63, 3.8) is 0 Å². The Morgan fingerprint density at radius 3 is 2.90 bits per heavy atom. The van der Waals surface area contributed by atoms with Gasteiger partial charge in [-0.25, -0.2) is 4.79 Å². The van der Waals surface area contributed by atoms with Crippen molar-refractivity contribution in [2.75, 3.05) is 6.61 Å². The van der Waals surface area contributed by atoms with E-state index in [4.69, 9.17) is 4.89 Å². The highest BCUT2D eigenvalue weighted by atomic mass is 32.2. The summed E-state index contributed by atoms with van der Waals surface area (Å²) in [6.07, 6.45) is 1.54. The summed E-state index contributed by atoms with van der Waals surface area (Å²) in [5.74, 6) is 0. The molecule has 2 rings (SSSR count). The van der Waals surface area contributed by atoms with E-state index >= 15 is 0 Å². The second-order valence-electron chi connectivity index (χ2n) is 4.64. The number of hydrogen-bond acceptors (Lipinski definition) is 6. The van der Waals surface area contributed by atoms with Crippen molar-refractivity contribution in [1.29, 1.82) is 0 Å². The van der Waals surface area contributed by atoms with Gasteiger partial charge in [0, 0.05) is 22.7 Å². The zero-order chi connectivity index (χ0) is 15.6. The second-order valence-corrected chi connectivity index (χ2v) is 6.80. The number of thioether (sulfide) groups is 1. The van der Waals surface area contributed by atoms with Crippen LogP contribution in [0.15, 0.2) is 15.8 Å². The van der Waals surface area contributed by atoms with Crippen LogP contribution in [0.5, 0.6) is 0 Å². The Morgan fingerprint density at radius 1 is 1.57 bits per heavy atom. The molecule has 1 saturated heterocycles. The van der Waals surface area contributed by atoms with Crippen molar-refractivity contribution in [2.24, 2.45) is 0 Å². The third-order valence-electron chi connectivity index (χ3n) is 3.29. The fourth-order valence-corrected chi connectivity index (χ4v) is 3.99. The molecule has 1 fully saturated rings. The van der Waals surface area contributed by atoms with E-state index in [1.54, 1.807) is 0 Å². The largest absolute Gasteiger partial charge is 0.694 e. The summed E-state index contributed by atoms with van der Waals surface area (Å²) in [6.45, 7) is 1.73. The van der Waals surface area contributed by atoms with E-state index in [0.29, 0.717) is 18.4 Å². The highest BCUT2D eigenvalue weighted by Crippen LogP contribution is 2.41. The smallest absolute Gasteiger partial charge is 0.392 e. The maximum Gasteiger partial charge on any atom is 0.694 e. The summed E-state index contributed by atoms with van der Waals surface area (Å²) in [6, 6.07) is 0. The number of aliphatic hydroxyl groups excluding tert-OH is 1. The van der Waals surface area contributed by atoms with Crippen molar-refractivity contribution in [3.05, 3.63) is 32.6 Å². The van der Waals surface area contributed by atoms with Gasteiger partial charge >= 0.3 is 13.9 Å². The first kappa shape index (κ1) is 16.4. The van der Waals surface area contributed by atoms with Crippen LogP contribution in [0.3, 0.4) is 0 Å². The molecule has 8 nitrogen and oxygen atoms in total. The normalized spacial score (nSPS) is 26.0. The third-order valence-corrected chi connectivity index (χ3v) is 5.19. The Balaban J connectivity index is 2.19. The van der Waals surface area contributed by atoms with Crippen molar-refractivity contribution in [3.8, 4) is 0 Å². The molecule has 0 aliphatic carbocycles. The van der Waals surface area contributed by atoms with Gasteiger partial charge in [-0.1, -0.05) is 6.92 Å². The maximum absolute atomic E-state index is 11.9. The summed E-state index contributed by atoms with van der Waals surface area (Å²) in [4.78, 5) is 34.3. The minimum atomic E-state index is -2.71. The second kappa shape index (κ2) is 6.85. The average Bonchev–Trinajstić information content (AvgIpc) is 2.77. The lowest BCUT2D eigenvalue weighted by Gasteiger charge is -2.13. The predicted octanol–water partition coefficient (Wildman–Crippen LogP) is 0.130. The quantitative estimate of drug-likeness (QED) is 0.654. The van der Waals surface area contributed by atoms with Crippen LogP contribution in [0, 0.1) is 0 Å². The molecule has 4 atom stereocenters. The van der Waals surface area contributed by atoms with Crippen molar-refractivity contribution >= 4 is 20.0 Å². The van der Waals surface area contributed by atoms with E-state index in [-0.39, 0.29) is 12.0 Å². The van der Waals surface area contributed by atoms with E-state index in [2.05, 4.69) is 9.51 Å². The highest BCUT2D eigenvalue weighted by molar-refractivity contribution is 8.00. The van der Waals surface area contributed by atoms with E-state index in [1.807, 2.05) is 6.92 Å². The van der Waals surface area contributed by atoms with Crippen LogP contribution in [-0.2, 0) is 15.5 Å². The maximum atomic E-state index is 11.9. The van der Waals surface area contributed by atoms with Crippen LogP contribution >= 0.6 is 20.0 Å². The summed E-state index contributed by atoms with van der Waals surface area (Å²) >= 11 is 1.28. The van der Waals surface area contributed by atoms with Gasteiger partial charge in [-0.2, -0.15) is 0 Å². The molecule has 0 bridgehead atoms. The molecule has 3 N–H and O–H groups in total. The van der Waals surface area contributed by atoms with Gasteiger partial charge in [-0.15, -0.1) is 21.2 Å². The minimum Gasteiger partial charge on any atom is -0.392 e. The molecular weight excluding hydrogens is 319 g/mol. The lowest BCUT2D eigenvalue weighted by Crippen LogP contribution is -2.32. The SMILES string of the molecule is CCc1cn([C@H]2C[C@H](O)[C@@H](CO[P+](=O)O)S2)c(=O)[nH]c1=O. The monoisotopic (exact) mass is 335 g/mol. The zero-order valence-electron chi connectivity index (χ0n) is 11.3. The fraction of sp³-hybridized carbons (Fsp3) is 0.636. The molecule has 0 spiro atoms. The number of aromatic nitrogens is 2. The molecule has 21 heavy (non-hydrogen) atoms. The van der Waals surface area contributed by atoms with Gasteiger partial charge < -0.3 is 5.11 Å². The molecule has 10 heteroatoms. The topological polar surface area (TPSA) is 122 Å². The number of aromatic amines is 1. The molecule has 1 aliphatic rings. The Morgan fingerprint density at radius 2 is 2.29 bits per heavy atom. The zero-order valence-corrected chi connectivity index (χ0v) is 13.0. The van der Waals surface area contributed by atoms with E-state index in [9.17, 15) is 19.3 Å². The predicted molar refractivity (Wildman–Crippen MR) is 77.5 cm³/mol. The molecule has 0 radical (unpaired) electrons. The molecule has 0 aromatic carbocycles. The van der Waals surface area contributed by atoms with Crippen LogP contribution in [0.1, 0.15) is 24.3 Å². The Hall–Kier alpha value is -0.990. The van der Waals surface area contributed by atoms with Gasteiger partial charge in [0.15, 0.2) is 0 Å². The molecule has 116 valence electrons. The van der Waals surface area contributed by atoms with Gasteiger partial charge in [0.2, 0.25) is 0 Å². The van der Waals surface area contributed by atoms with Crippen molar-refractivity contribution < 1.29 is 19.1 Å². The summed E-state index contributed by atoms with van der Waals surface area (Å²) in [7, 11) is -2.71. The number of H-pyrrole nitrogens is 1. The molecular formula is C11H16N2O6PS+. The van der Waals surface area contributed by atoms with Crippen molar-refractivity contribution in [2.45, 2.75) is 36.5 Å². The van der Waals surface area contributed by atoms with Gasteiger partial charge in [-0.05, 0) is 6.42 Å². The molecule has 0 saturated carbocycles. The van der Waals surface area contributed by atoms with Gasteiger partial charge in [0.1, 0.15) is 6.61 Å². The van der Waals surface area contributed by atoms with Crippen molar-refractivity contribution in [1.82, 2.24) is 9.55 Å². The summed E-state index contributed by atoms with van der Waals surface area (Å²) in [5, 5.41) is 9.20. The first-order valence-electron chi connectivity index (χ1n) is 6.39. The molecule has 2 heterocycles. The Bertz CT molecular complexity index is 644. The number of aryl methyl sites for hydroxylation is 1. The van der Waals surface area contributed by atoms with Crippen LogP contribution in [0.25, 0.3) is 0 Å².